The Bertz CT molecular complexity index is 307. The smallest absolute Gasteiger partial charge is 0.0500 e. The van der Waals surface area contributed by atoms with Crippen molar-refractivity contribution in [3.05, 3.63) is 28.0 Å². The Morgan fingerprint density at radius 3 is 2.92 bits per heavy atom. The fraction of sp³-hybridized carbons (Fsp3) is 0.500. The van der Waals surface area contributed by atoms with Crippen LogP contribution < -0.4 is 0 Å². The maximum absolute atomic E-state index is 6.17. The zero-order chi connectivity index (χ0) is 8.55. The fourth-order valence-corrected chi connectivity index (χ4v) is 1.99. The van der Waals surface area contributed by atoms with Gasteiger partial charge < -0.3 is 0 Å². The van der Waals surface area contributed by atoms with Crippen molar-refractivity contribution in [3.8, 4) is 0 Å². The van der Waals surface area contributed by atoms with Crippen LogP contribution in [-0.2, 0) is 12.8 Å². The Kier molecular flexibility index (Phi) is 2.05. The van der Waals surface area contributed by atoms with Gasteiger partial charge in [0.2, 0.25) is 0 Å². The molecule has 0 unspecified atom stereocenters. The minimum atomic E-state index is 0.944. The van der Waals surface area contributed by atoms with E-state index in [-0.39, 0.29) is 0 Å². The number of nitrogens with zero attached hydrogens (tertiary/aromatic N) is 1. The monoisotopic (exact) mass is 181 g/mol. The van der Waals surface area contributed by atoms with Gasteiger partial charge in [0.05, 0.1) is 5.02 Å². The SMILES string of the molecule is Cc1cnc2c(c1Cl)CCCC2. The molecule has 0 amide bonds. The van der Waals surface area contributed by atoms with Gasteiger partial charge in [0.15, 0.2) is 0 Å². The number of halogens is 1. The highest BCUT2D eigenvalue weighted by Gasteiger charge is 2.14. The van der Waals surface area contributed by atoms with E-state index in [1.165, 1.54) is 24.1 Å². The lowest BCUT2D eigenvalue weighted by molar-refractivity contribution is 0.667. The summed E-state index contributed by atoms with van der Waals surface area (Å²) in [7, 11) is 0. The van der Waals surface area contributed by atoms with Crippen molar-refractivity contribution >= 4 is 11.6 Å². The fourth-order valence-electron chi connectivity index (χ4n) is 1.74. The van der Waals surface area contributed by atoms with Crippen molar-refractivity contribution in [1.82, 2.24) is 4.98 Å². The Balaban J connectivity index is 2.54. The summed E-state index contributed by atoms with van der Waals surface area (Å²) in [6.45, 7) is 2.02. The normalized spacial score (nSPS) is 15.8. The molecule has 0 aromatic carbocycles. The summed E-state index contributed by atoms with van der Waals surface area (Å²) in [5.41, 5.74) is 3.62. The molecule has 1 aromatic heterocycles. The van der Waals surface area contributed by atoms with Gasteiger partial charge in [0.1, 0.15) is 0 Å². The number of hydrogen-bond donors (Lipinski definition) is 0. The van der Waals surface area contributed by atoms with Crippen molar-refractivity contribution in [2.24, 2.45) is 0 Å². The molecule has 0 saturated carbocycles. The molecular weight excluding hydrogens is 170 g/mol. The molecule has 1 heterocycles. The average molecular weight is 182 g/mol. The topological polar surface area (TPSA) is 12.9 Å². The summed E-state index contributed by atoms with van der Waals surface area (Å²) < 4.78 is 0. The van der Waals surface area contributed by atoms with Crippen LogP contribution >= 0.6 is 11.6 Å². The van der Waals surface area contributed by atoms with Gasteiger partial charge >= 0.3 is 0 Å². The first-order valence-corrected chi connectivity index (χ1v) is 4.79. The van der Waals surface area contributed by atoms with E-state index in [9.17, 15) is 0 Å². The number of fused-ring (bicyclic) bond motifs is 1. The molecule has 1 nitrogen and oxygen atoms in total. The van der Waals surface area contributed by atoms with E-state index in [1.807, 2.05) is 13.1 Å². The predicted molar refractivity (Wildman–Crippen MR) is 50.6 cm³/mol. The molecule has 0 spiro atoms. The van der Waals surface area contributed by atoms with Gasteiger partial charge in [-0.25, -0.2) is 0 Å². The third-order valence-corrected chi connectivity index (χ3v) is 2.99. The van der Waals surface area contributed by atoms with Crippen molar-refractivity contribution in [1.29, 1.82) is 0 Å². The number of aryl methyl sites for hydroxylation is 2. The number of aromatic nitrogens is 1. The van der Waals surface area contributed by atoms with Gasteiger partial charge in [-0.15, -0.1) is 0 Å². The van der Waals surface area contributed by atoms with Crippen LogP contribution in [0.2, 0.25) is 5.02 Å². The molecule has 12 heavy (non-hydrogen) atoms. The Hall–Kier alpha value is -0.560. The van der Waals surface area contributed by atoms with Crippen LogP contribution in [0.5, 0.6) is 0 Å². The zero-order valence-electron chi connectivity index (χ0n) is 7.23. The minimum Gasteiger partial charge on any atom is -0.261 e. The highest BCUT2D eigenvalue weighted by molar-refractivity contribution is 6.32. The van der Waals surface area contributed by atoms with Crippen LogP contribution in [0.1, 0.15) is 29.7 Å². The first kappa shape index (κ1) is 8.06. The second kappa shape index (κ2) is 3.06. The lowest BCUT2D eigenvalue weighted by Gasteiger charge is -2.16. The molecule has 0 saturated heterocycles. The lowest BCUT2D eigenvalue weighted by Crippen LogP contribution is -2.06. The van der Waals surface area contributed by atoms with E-state index in [1.54, 1.807) is 0 Å². The summed E-state index contributed by atoms with van der Waals surface area (Å²) in [6.07, 6.45) is 6.63. The second-order valence-electron chi connectivity index (χ2n) is 3.39. The second-order valence-corrected chi connectivity index (χ2v) is 3.77. The summed E-state index contributed by atoms with van der Waals surface area (Å²) in [5.74, 6) is 0. The number of pyridine rings is 1. The molecule has 0 atom stereocenters. The van der Waals surface area contributed by atoms with Crippen molar-refractivity contribution in [3.63, 3.8) is 0 Å². The van der Waals surface area contributed by atoms with Crippen LogP contribution in [0, 0.1) is 6.92 Å². The molecule has 1 aliphatic rings. The summed E-state index contributed by atoms with van der Waals surface area (Å²) in [6, 6.07) is 0. The van der Waals surface area contributed by atoms with Gasteiger partial charge in [0.25, 0.3) is 0 Å². The van der Waals surface area contributed by atoms with Crippen LogP contribution in [0.4, 0.5) is 0 Å². The van der Waals surface area contributed by atoms with E-state index in [0.717, 1.165) is 23.4 Å². The van der Waals surface area contributed by atoms with Crippen molar-refractivity contribution in [2.75, 3.05) is 0 Å². The standard InChI is InChI=1S/C10H12ClN/c1-7-6-12-9-5-3-2-4-8(9)10(7)11/h6H,2-5H2,1H3. The first-order valence-electron chi connectivity index (χ1n) is 4.42. The number of hydrogen-bond acceptors (Lipinski definition) is 1. The van der Waals surface area contributed by atoms with Crippen LogP contribution in [0.25, 0.3) is 0 Å². The molecule has 0 N–H and O–H groups in total. The average Bonchev–Trinajstić information content (AvgIpc) is 2.12. The molecule has 2 heteroatoms. The molecule has 0 fully saturated rings. The summed E-state index contributed by atoms with van der Waals surface area (Å²) in [5, 5.41) is 0.944. The Morgan fingerprint density at radius 2 is 2.08 bits per heavy atom. The molecule has 1 aromatic rings. The lowest BCUT2D eigenvalue weighted by atomic mass is 9.95. The summed E-state index contributed by atoms with van der Waals surface area (Å²) >= 11 is 6.17. The molecule has 64 valence electrons. The van der Waals surface area contributed by atoms with Crippen molar-refractivity contribution in [2.45, 2.75) is 32.6 Å². The van der Waals surface area contributed by atoms with E-state index in [4.69, 9.17) is 11.6 Å². The Labute approximate surface area is 77.8 Å². The van der Waals surface area contributed by atoms with E-state index < -0.39 is 0 Å². The van der Waals surface area contributed by atoms with Crippen molar-refractivity contribution < 1.29 is 0 Å². The first-order chi connectivity index (χ1) is 5.79. The third-order valence-electron chi connectivity index (χ3n) is 2.46. The third kappa shape index (κ3) is 1.22. The van der Waals surface area contributed by atoms with E-state index in [2.05, 4.69) is 4.98 Å². The van der Waals surface area contributed by atoms with Gasteiger partial charge in [-0.2, -0.15) is 0 Å². The van der Waals surface area contributed by atoms with E-state index in [0.29, 0.717) is 0 Å². The maximum atomic E-state index is 6.17. The van der Waals surface area contributed by atoms with Crippen LogP contribution in [0.3, 0.4) is 0 Å². The van der Waals surface area contributed by atoms with E-state index >= 15 is 0 Å². The quantitative estimate of drug-likeness (QED) is 0.600. The van der Waals surface area contributed by atoms with Crippen LogP contribution in [-0.4, -0.2) is 4.98 Å². The molecule has 0 radical (unpaired) electrons. The minimum absolute atomic E-state index is 0.944. The summed E-state index contributed by atoms with van der Waals surface area (Å²) in [4.78, 5) is 4.40. The Morgan fingerprint density at radius 1 is 1.33 bits per heavy atom. The molecular formula is C10H12ClN. The highest BCUT2D eigenvalue weighted by atomic mass is 35.5. The van der Waals surface area contributed by atoms with Gasteiger partial charge in [0, 0.05) is 11.9 Å². The molecule has 1 aliphatic carbocycles. The maximum Gasteiger partial charge on any atom is 0.0500 e. The molecule has 2 rings (SSSR count). The predicted octanol–water partition coefficient (Wildman–Crippen LogP) is 2.92. The highest BCUT2D eigenvalue weighted by Crippen LogP contribution is 2.28. The molecule has 0 aliphatic heterocycles. The van der Waals surface area contributed by atoms with Gasteiger partial charge in [-0.05, 0) is 43.7 Å². The van der Waals surface area contributed by atoms with Gasteiger partial charge in [-0.3, -0.25) is 4.98 Å². The number of rotatable bonds is 0. The zero-order valence-corrected chi connectivity index (χ0v) is 7.99. The van der Waals surface area contributed by atoms with Gasteiger partial charge in [-0.1, -0.05) is 11.6 Å². The molecule has 0 bridgehead atoms. The van der Waals surface area contributed by atoms with Crippen LogP contribution in [0.15, 0.2) is 6.20 Å². The largest absolute Gasteiger partial charge is 0.261 e.